The SMILES string of the molecule is Brc1ccc(/C=C/CCN2CCC(=C(c3ccccc3)c3ccccc3)CC2)cc1. The molecule has 0 bridgehead atoms. The summed E-state index contributed by atoms with van der Waals surface area (Å²) < 4.78 is 1.13. The molecule has 1 aliphatic rings. The summed E-state index contributed by atoms with van der Waals surface area (Å²) in [5, 5.41) is 0. The average molecular weight is 458 g/mol. The second-order valence-corrected chi connectivity index (χ2v) is 8.71. The summed E-state index contributed by atoms with van der Waals surface area (Å²) in [6.07, 6.45) is 7.92. The molecule has 0 amide bonds. The van der Waals surface area contributed by atoms with Crippen molar-refractivity contribution < 1.29 is 0 Å². The van der Waals surface area contributed by atoms with Crippen molar-refractivity contribution >= 4 is 27.6 Å². The van der Waals surface area contributed by atoms with Crippen LogP contribution in [0, 0.1) is 0 Å². The van der Waals surface area contributed by atoms with Crippen LogP contribution < -0.4 is 0 Å². The number of hydrogen-bond acceptors (Lipinski definition) is 1. The number of nitrogens with zero attached hydrogens (tertiary/aromatic N) is 1. The Labute approximate surface area is 188 Å². The van der Waals surface area contributed by atoms with E-state index in [-0.39, 0.29) is 0 Å². The van der Waals surface area contributed by atoms with Gasteiger partial charge in [-0.05, 0) is 53.7 Å². The fraction of sp³-hybridized carbons (Fsp3) is 0.214. The molecule has 1 fully saturated rings. The monoisotopic (exact) mass is 457 g/mol. The van der Waals surface area contributed by atoms with Gasteiger partial charge in [0.1, 0.15) is 0 Å². The summed E-state index contributed by atoms with van der Waals surface area (Å²) in [6.45, 7) is 3.42. The van der Waals surface area contributed by atoms with Gasteiger partial charge in [-0.2, -0.15) is 0 Å². The van der Waals surface area contributed by atoms with Crippen LogP contribution >= 0.6 is 15.9 Å². The summed E-state index contributed by atoms with van der Waals surface area (Å²) in [6, 6.07) is 30.2. The third-order valence-corrected chi connectivity index (χ3v) is 6.26. The molecule has 0 N–H and O–H groups in total. The number of halogens is 1. The van der Waals surface area contributed by atoms with Crippen LogP contribution in [0.2, 0.25) is 0 Å². The van der Waals surface area contributed by atoms with Crippen molar-refractivity contribution in [1.82, 2.24) is 4.90 Å². The lowest BCUT2D eigenvalue weighted by Gasteiger charge is -2.30. The highest BCUT2D eigenvalue weighted by Gasteiger charge is 2.18. The van der Waals surface area contributed by atoms with Crippen molar-refractivity contribution in [3.63, 3.8) is 0 Å². The topological polar surface area (TPSA) is 3.24 Å². The maximum Gasteiger partial charge on any atom is 0.0175 e. The van der Waals surface area contributed by atoms with Gasteiger partial charge in [-0.15, -0.1) is 0 Å². The molecule has 0 saturated carbocycles. The van der Waals surface area contributed by atoms with Gasteiger partial charge in [0, 0.05) is 24.1 Å². The molecule has 0 spiro atoms. The predicted octanol–water partition coefficient (Wildman–Crippen LogP) is 7.45. The highest BCUT2D eigenvalue weighted by molar-refractivity contribution is 9.10. The van der Waals surface area contributed by atoms with Crippen molar-refractivity contribution in [2.75, 3.05) is 19.6 Å². The standard InChI is InChI=1S/C28H28BrN/c29-27-16-14-23(15-17-27)9-7-8-20-30-21-18-26(19-22-30)28(24-10-3-1-4-11-24)25-12-5-2-6-13-25/h1-7,9-17H,8,18-22H2/b9-7+. The van der Waals surface area contributed by atoms with Crippen LogP contribution in [0.4, 0.5) is 0 Å². The van der Waals surface area contributed by atoms with E-state index >= 15 is 0 Å². The van der Waals surface area contributed by atoms with E-state index < -0.39 is 0 Å². The zero-order valence-corrected chi connectivity index (χ0v) is 18.9. The molecule has 1 saturated heterocycles. The van der Waals surface area contributed by atoms with Crippen molar-refractivity contribution in [3.8, 4) is 0 Å². The Morgan fingerprint density at radius 1 is 0.767 bits per heavy atom. The van der Waals surface area contributed by atoms with Gasteiger partial charge >= 0.3 is 0 Å². The number of benzene rings is 3. The number of likely N-dealkylation sites (tertiary alicyclic amines) is 1. The van der Waals surface area contributed by atoms with Crippen LogP contribution in [-0.2, 0) is 0 Å². The van der Waals surface area contributed by atoms with Crippen LogP contribution in [0.25, 0.3) is 11.6 Å². The van der Waals surface area contributed by atoms with E-state index in [1.807, 2.05) is 0 Å². The number of hydrogen-bond donors (Lipinski definition) is 0. The Balaban J connectivity index is 1.39. The lowest BCUT2D eigenvalue weighted by atomic mass is 9.88. The maximum atomic E-state index is 3.49. The van der Waals surface area contributed by atoms with Crippen LogP contribution in [0.5, 0.6) is 0 Å². The van der Waals surface area contributed by atoms with E-state index in [4.69, 9.17) is 0 Å². The molecule has 0 aromatic heterocycles. The zero-order chi connectivity index (χ0) is 20.6. The molecule has 1 aliphatic heterocycles. The Hall–Kier alpha value is -2.42. The van der Waals surface area contributed by atoms with Crippen LogP contribution in [0.15, 0.2) is 101 Å². The Kier molecular flexibility index (Phi) is 7.34. The van der Waals surface area contributed by atoms with E-state index in [0.717, 1.165) is 43.4 Å². The molecule has 3 aromatic rings. The first-order valence-corrected chi connectivity index (χ1v) is 11.6. The van der Waals surface area contributed by atoms with E-state index in [9.17, 15) is 0 Å². The highest BCUT2D eigenvalue weighted by Crippen LogP contribution is 2.32. The van der Waals surface area contributed by atoms with Crippen molar-refractivity contribution in [1.29, 1.82) is 0 Å². The summed E-state index contributed by atoms with van der Waals surface area (Å²) >= 11 is 3.49. The summed E-state index contributed by atoms with van der Waals surface area (Å²) in [5.41, 5.74) is 6.96. The van der Waals surface area contributed by atoms with Gasteiger partial charge in [0.25, 0.3) is 0 Å². The Bertz CT molecular complexity index is 936. The van der Waals surface area contributed by atoms with Gasteiger partial charge in [0.05, 0.1) is 0 Å². The Morgan fingerprint density at radius 3 is 1.90 bits per heavy atom. The molecule has 30 heavy (non-hydrogen) atoms. The minimum atomic E-state index is 1.10. The normalized spacial score (nSPS) is 14.9. The third-order valence-electron chi connectivity index (χ3n) is 5.73. The second-order valence-electron chi connectivity index (χ2n) is 7.79. The minimum absolute atomic E-state index is 1.10. The van der Waals surface area contributed by atoms with Crippen molar-refractivity contribution in [3.05, 3.63) is 118 Å². The maximum absolute atomic E-state index is 3.49. The smallest absolute Gasteiger partial charge is 0.0175 e. The predicted molar refractivity (Wildman–Crippen MR) is 132 cm³/mol. The van der Waals surface area contributed by atoms with E-state index in [1.165, 1.54) is 22.3 Å². The molecule has 3 aromatic carbocycles. The van der Waals surface area contributed by atoms with Gasteiger partial charge in [-0.3, -0.25) is 0 Å². The molecule has 1 nitrogen and oxygen atoms in total. The second kappa shape index (κ2) is 10.6. The van der Waals surface area contributed by atoms with Crippen molar-refractivity contribution in [2.45, 2.75) is 19.3 Å². The number of rotatable bonds is 6. The Morgan fingerprint density at radius 2 is 1.33 bits per heavy atom. The molecule has 2 heteroatoms. The van der Waals surface area contributed by atoms with Crippen LogP contribution in [0.1, 0.15) is 36.0 Å². The van der Waals surface area contributed by atoms with Crippen LogP contribution in [-0.4, -0.2) is 24.5 Å². The van der Waals surface area contributed by atoms with Gasteiger partial charge in [-0.25, -0.2) is 0 Å². The van der Waals surface area contributed by atoms with E-state index in [2.05, 4.69) is 118 Å². The summed E-state index contributed by atoms with van der Waals surface area (Å²) in [4.78, 5) is 2.60. The lowest BCUT2D eigenvalue weighted by molar-refractivity contribution is 0.262. The van der Waals surface area contributed by atoms with Gasteiger partial charge < -0.3 is 4.90 Å². The van der Waals surface area contributed by atoms with Gasteiger partial charge in [-0.1, -0.05) is 106 Å². The van der Waals surface area contributed by atoms with Crippen LogP contribution in [0.3, 0.4) is 0 Å². The highest BCUT2D eigenvalue weighted by atomic mass is 79.9. The van der Waals surface area contributed by atoms with E-state index in [0.29, 0.717) is 0 Å². The molecule has 4 rings (SSSR count). The van der Waals surface area contributed by atoms with Crippen molar-refractivity contribution in [2.24, 2.45) is 0 Å². The summed E-state index contributed by atoms with van der Waals surface area (Å²) in [7, 11) is 0. The first-order valence-electron chi connectivity index (χ1n) is 10.8. The van der Waals surface area contributed by atoms with Gasteiger partial charge in [0.15, 0.2) is 0 Å². The fourth-order valence-electron chi connectivity index (χ4n) is 4.13. The third kappa shape index (κ3) is 5.59. The minimum Gasteiger partial charge on any atom is -0.302 e. The van der Waals surface area contributed by atoms with Gasteiger partial charge in [0.2, 0.25) is 0 Å². The molecular weight excluding hydrogens is 430 g/mol. The quantitative estimate of drug-likeness (QED) is 0.371. The molecule has 0 aliphatic carbocycles. The largest absolute Gasteiger partial charge is 0.302 e. The molecular formula is C28H28BrN. The molecule has 152 valence electrons. The summed E-state index contributed by atoms with van der Waals surface area (Å²) in [5.74, 6) is 0. The molecule has 0 atom stereocenters. The molecule has 0 radical (unpaired) electrons. The molecule has 1 heterocycles. The zero-order valence-electron chi connectivity index (χ0n) is 17.3. The molecule has 0 unspecified atom stereocenters. The average Bonchev–Trinajstić information content (AvgIpc) is 2.80. The lowest BCUT2D eigenvalue weighted by Crippen LogP contribution is -2.31. The van der Waals surface area contributed by atoms with E-state index in [1.54, 1.807) is 5.57 Å². The first kappa shape index (κ1) is 20.8. The number of piperidine rings is 1. The first-order chi connectivity index (χ1) is 14.8. The fourth-order valence-corrected chi connectivity index (χ4v) is 4.40.